The predicted octanol–water partition coefficient (Wildman–Crippen LogP) is 4.23. The summed E-state index contributed by atoms with van der Waals surface area (Å²) in [6.07, 6.45) is 2.19. The molecule has 3 heterocycles. The number of benzene rings is 1. The summed E-state index contributed by atoms with van der Waals surface area (Å²) in [6, 6.07) is 13.4. The Morgan fingerprint density at radius 3 is 2.36 bits per heavy atom. The number of carbonyl (C=O) groups excluding carboxylic acids is 3. The lowest BCUT2D eigenvalue weighted by atomic mass is 9.94. The van der Waals surface area contributed by atoms with Crippen molar-refractivity contribution in [2.75, 3.05) is 23.5 Å². The van der Waals surface area contributed by atoms with Gasteiger partial charge in [-0.05, 0) is 63.2 Å². The Labute approximate surface area is 228 Å². The number of amides is 3. The zero-order valence-electron chi connectivity index (χ0n) is 21.5. The number of nitrogens with zero attached hydrogens (tertiary/aromatic N) is 4. The highest BCUT2D eigenvalue weighted by Crippen LogP contribution is 2.30. The number of nitrogens with one attached hydrogen (secondary N) is 1. The van der Waals surface area contributed by atoms with Crippen LogP contribution in [0.3, 0.4) is 0 Å². The maximum atomic E-state index is 15.4. The molecule has 3 amide bonds. The van der Waals surface area contributed by atoms with Crippen molar-refractivity contribution in [3.8, 4) is 5.69 Å². The lowest BCUT2D eigenvalue weighted by Crippen LogP contribution is -2.39. The second-order valence-electron chi connectivity index (χ2n) is 9.99. The van der Waals surface area contributed by atoms with E-state index in [4.69, 9.17) is 16.3 Å². The minimum atomic E-state index is -1.20. The summed E-state index contributed by atoms with van der Waals surface area (Å²) in [6.45, 7) is 4.69. The molecular weight excluding hydrogens is 529 g/mol. The van der Waals surface area contributed by atoms with Gasteiger partial charge in [-0.3, -0.25) is 19.0 Å². The summed E-state index contributed by atoms with van der Waals surface area (Å²) < 4.78 is 22.2. The second-order valence-corrected chi connectivity index (χ2v) is 10.4. The van der Waals surface area contributed by atoms with Crippen molar-refractivity contribution in [3.63, 3.8) is 0 Å². The van der Waals surface area contributed by atoms with Crippen LogP contribution in [0.1, 0.15) is 20.8 Å². The minimum Gasteiger partial charge on any atom is -0.444 e. The standard InChI is InChI=1S/C27H27ClFN5O5/c1-27(2,3)39-26(38)32-15-20(24(36)31-22-12-7-17(28)14-30-22)21(16-32)25(37)34(29)19-10-8-18(9-11-19)33-13-5-4-6-23(33)35/h4-14,20-21H,15-16H2,1-3H3,(H,30,31,36)/t20-,21-/m0/s1. The van der Waals surface area contributed by atoms with E-state index in [0.717, 1.165) is 0 Å². The van der Waals surface area contributed by atoms with Crippen LogP contribution in [0, 0.1) is 11.8 Å². The number of aromatic nitrogens is 2. The summed E-state index contributed by atoms with van der Waals surface area (Å²) in [4.78, 5) is 56.5. The monoisotopic (exact) mass is 555 g/mol. The topological polar surface area (TPSA) is 114 Å². The quantitative estimate of drug-likeness (QED) is 0.471. The molecule has 1 aliphatic heterocycles. The molecule has 0 aliphatic carbocycles. The molecule has 1 saturated heterocycles. The molecule has 3 aromatic rings. The van der Waals surface area contributed by atoms with E-state index in [1.807, 2.05) is 0 Å². The van der Waals surface area contributed by atoms with Crippen LogP contribution >= 0.6 is 11.6 Å². The number of anilines is 2. The van der Waals surface area contributed by atoms with Gasteiger partial charge in [0.05, 0.1) is 22.5 Å². The van der Waals surface area contributed by atoms with E-state index in [0.29, 0.717) is 10.7 Å². The summed E-state index contributed by atoms with van der Waals surface area (Å²) in [5, 5.41) is 2.92. The summed E-state index contributed by atoms with van der Waals surface area (Å²) in [7, 11) is 0. The van der Waals surface area contributed by atoms with Crippen LogP contribution in [0.25, 0.3) is 5.69 Å². The normalized spacial score (nSPS) is 17.0. The van der Waals surface area contributed by atoms with Gasteiger partial charge >= 0.3 is 6.09 Å². The van der Waals surface area contributed by atoms with Crippen molar-refractivity contribution in [1.29, 1.82) is 0 Å². The van der Waals surface area contributed by atoms with E-state index < -0.39 is 35.3 Å². The molecule has 0 saturated carbocycles. The van der Waals surface area contributed by atoms with Crippen molar-refractivity contribution in [1.82, 2.24) is 14.5 Å². The van der Waals surface area contributed by atoms with Gasteiger partial charge in [0.1, 0.15) is 11.4 Å². The Morgan fingerprint density at radius 2 is 1.74 bits per heavy atom. The molecule has 10 nitrogen and oxygen atoms in total. The lowest BCUT2D eigenvalue weighted by molar-refractivity contribution is -0.130. The van der Waals surface area contributed by atoms with E-state index in [1.54, 1.807) is 39.1 Å². The van der Waals surface area contributed by atoms with Gasteiger partial charge in [0.15, 0.2) is 0 Å². The molecule has 0 bridgehead atoms. The molecule has 1 aliphatic rings. The fraction of sp³-hybridized carbons (Fsp3) is 0.296. The van der Waals surface area contributed by atoms with E-state index in [9.17, 15) is 19.2 Å². The maximum absolute atomic E-state index is 15.4. The fourth-order valence-electron chi connectivity index (χ4n) is 4.12. The second kappa shape index (κ2) is 11.2. The molecule has 39 heavy (non-hydrogen) atoms. The highest BCUT2D eigenvalue weighted by Gasteiger charge is 2.46. The van der Waals surface area contributed by atoms with Crippen LogP contribution in [0.15, 0.2) is 71.8 Å². The number of hydrogen-bond donors (Lipinski definition) is 1. The number of carbonyl (C=O) groups is 3. The molecule has 0 spiro atoms. The van der Waals surface area contributed by atoms with Crippen LogP contribution in [0.4, 0.5) is 20.8 Å². The number of rotatable bonds is 5. The van der Waals surface area contributed by atoms with Crippen LogP contribution in [0.2, 0.25) is 5.02 Å². The molecule has 0 unspecified atom stereocenters. The molecule has 1 fully saturated rings. The van der Waals surface area contributed by atoms with Crippen LogP contribution < -0.4 is 16.0 Å². The number of pyridine rings is 2. The van der Waals surface area contributed by atoms with Crippen molar-refractivity contribution in [3.05, 3.63) is 82.4 Å². The number of likely N-dealkylation sites (tertiary alicyclic amines) is 1. The van der Waals surface area contributed by atoms with Crippen molar-refractivity contribution >= 4 is 41.0 Å². The Morgan fingerprint density at radius 1 is 1.05 bits per heavy atom. The van der Waals surface area contributed by atoms with Crippen LogP contribution in [-0.2, 0) is 14.3 Å². The summed E-state index contributed by atoms with van der Waals surface area (Å²) in [5.74, 6) is -3.71. The largest absolute Gasteiger partial charge is 0.444 e. The molecule has 1 aromatic carbocycles. The van der Waals surface area contributed by atoms with Crippen molar-refractivity contribution in [2.45, 2.75) is 26.4 Å². The predicted molar refractivity (Wildman–Crippen MR) is 143 cm³/mol. The van der Waals surface area contributed by atoms with E-state index >= 15 is 4.48 Å². The van der Waals surface area contributed by atoms with Crippen LogP contribution in [-0.4, -0.2) is 51.0 Å². The number of ether oxygens (including phenoxy) is 1. The summed E-state index contributed by atoms with van der Waals surface area (Å²) in [5.41, 5.74) is -0.689. The number of hydrogen-bond acceptors (Lipinski definition) is 6. The third-order valence-corrected chi connectivity index (χ3v) is 6.20. The van der Waals surface area contributed by atoms with Gasteiger partial charge in [-0.15, -0.1) is 5.12 Å². The zero-order valence-corrected chi connectivity index (χ0v) is 22.3. The fourth-order valence-corrected chi connectivity index (χ4v) is 4.23. The first-order valence-electron chi connectivity index (χ1n) is 12.1. The van der Waals surface area contributed by atoms with E-state index in [1.165, 1.54) is 58.1 Å². The Balaban J connectivity index is 1.56. The molecule has 4 rings (SSSR count). The smallest absolute Gasteiger partial charge is 0.410 e. The van der Waals surface area contributed by atoms with Crippen molar-refractivity contribution in [2.24, 2.45) is 11.8 Å². The van der Waals surface area contributed by atoms with Gasteiger partial charge in [0.2, 0.25) is 5.91 Å². The molecule has 12 heteroatoms. The first-order chi connectivity index (χ1) is 18.4. The zero-order chi connectivity index (χ0) is 28.3. The van der Waals surface area contributed by atoms with Crippen LogP contribution in [0.5, 0.6) is 0 Å². The maximum Gasteiger partial charge on any atom is 0.410 e. The third-order valence-electron chi connectivity index (χ3n) is 5.97. The highest BCUT2D eigenvalue weighted by atomic mass is 35.5. The minimum absolute atomic E-state index is 0.0539. The lowest BCUT2D eigenvalue weighted by Gasteiger charge is -2.24. The Kier molecular flexibility index (Phi) is 8.01. The van der Waals surface area contributed by atoms with Gasteiger partial charge in [-0.2, -0.15) is 0 Å². The van der Waals surface area contributed by atoms with Crippen molar-refractivity contribution < 1.29 is 23.6 Å². The number of halogens is 2. The molecule has 204 valence electrons. The summed E-state index contributed by atoms with van der Waals surface area (Å²) >= 11 is 5.85. The first-order valence-corrected chi connectivity index (χ1v) is 12.5. The Bertz CT molecular complexity index is 1420. The SMILES string of the molecule is CC(C)(C)OC(=O)N1C[C@H](C(=O)Nc2ccc(Cl)cn2)[C@@H](C(=O)N(F)c2ccc(-n3ccccc3=O)cc2)C1. The molecular formula is C27H27ClFN5O5. The third kappa shape index (κ3) is 6.61. The average Bonchev–Trinajstić information content (AvgIpc) is 3.35. The van der Waals surface area contributed by atoms with Gasteiger partial charge in [-0.25, -0.2) is 9.78 Å². The van der Waals surface area contributed by atoms with Gasteiger partial charge in [-0.1, -0.05) is 22.1 Å². The molecule has 2 atom stereocenters. The molecule has 1 N–H and O–H groups in total. The highest BCUT2D eigenvalue weighted by molar-refractivity contribution is 6.30. The molecule has 2 aromatic heterocycles. The van der Waals surface area contributed by atoms with Gasteiger partial charge < -0.3 is 15.0 Å². The van der Waals surface area contributed by atoms with Gasteiger partial charge in [0, 0.05) is 37.2 Å². The van der Waals surface area contributed by atoms with E-state index in [-0.39, 0.29) is 35.3 Å². The van der Waals surface area contributed by atoms with Gasteiger partial charge in [0.25, 0.3) is 11.5 Å². The first kappa shape index (κ1) is 27.8. The average molecular weight is 556 g/mol. The Hall–Kier alpha value is -4.25. The molecule has 0 radical (unpaired) electrons. The van der Waals surface area contributed by atoms with E-state index in [2.05, 4.69) is 10.3 Å².